The second-order valence-electron chi connectivity index (χ2n) is 4.71. The highest BCUT2D eigenvalue weighted by molar-refractivity contribution is 5.88. The summed E-state index contributed by atoms with van der Waals surface area (Å²) >= 11 is 0. The molecule has 2 heterocycles. The molecule has 0 radical (unpaired) electrons. The predicted octanol–water partition coefficient (Wildman–Crippen LogP) is 0.659. The summed E-state index contributed by atoms with van der Waals surface area (Å²) < 4.78 is 4.66. The molecule has 0 aromatic carbocycles. The molecule has 104 valence electrons. The van der Waals surface area contributed by atoms with Crippen molar-refractivity contribution in [3.8, 4) is 0 Å². The van der Waals surface area contributed by atoms with Gasteiger partial charge in [-0.2, -0.15) is 0 Å². The molecule has 6 nitrogen and oxygen atoms in total. The van der Waals surface area contributed by atoms with E-state index < -0.39 is 5.97 Å². The molecule has 1 aliphatic heterocycles. The van der Waals surface area contributed by atoms with E-state index in [1.54, 1.807) is 12.1 Å². The molecule has 0 spiro atoms. The van der Waals surface area contributed by atoms with Crippen LogP contribution in [0.5, 0.6) is 0 Å². The minimum absolute atomic E-state index is 0.221. The molecule has 1 fully saturated rings. The van der Waals surface area contributed by atoms with Crippen LogP contribution in [-0.4, -0.2) is 42.9 Å². The average Bonchev–Trinajstić information content (AvgIpc) is 2.47. The van der Waals surface area contributed by atoms with Gasteiger partial charge in [-0.3, -0.25) is 0 Å². The van der Waals surface area contributed by atoms with Crippen LogP contribution in [0.2, 0.25) is 0 Å². The van der Waals surface area contributed by atoms with Gasteiger partial charge in [0.25, 0.3) is 0 Å². The maximum atomic E-state index is 11.5. The van der Waals surface area contributed by atoms with Crippen molar-refractivity contribution < 1.29 is 14.6 Å². The van der Waals surface area contributed by atoms with E-state index >= 15 is 0 Å². The van der Waals surface area contributed by atoms with Crippen molar-refractivity contribution in [2.24, 2.45) is 5.92 Å². The van der Waals surface area contributed by atoms with Crippen LogP contribution in [0.25, 0.3) is 0 Å². The lowest BCUT2D eigenvalue weighted by atomic mass is 9.98. The fraction of sp³-hybridized carbons (Fsp3) is 0.538. The first-order valence-electron chi connectivity index (χ1n) is 6.36. The second kappa shape index (κ2) is 5.88. The lowest BCUT2D eigenvalue weighted by Crippen LogP contribution is -2.36. The molecule has 1 aromatic rings. The number of hydrogen-bond acceptors (Lipinski definition) is 6. The van der Waals surface area contributed by atoms with Crippen LogP contribution in [0.3, 0.4) is 0 Å². The van der Waals surface area contributed by atoms with Crippen molar-refractivity contribution in [2.75, 3.05) is 37.4 Å². The third-order valence-corrected chi connectivity index (χ3v) is 3.47. The Hall–Kier alpha value is -1.82. The second-order valence-corrected chi connectivity index (χ2v) is 4.71. The number of ether oxygens (including phenoxy) is 1. The van der Waals surface area contributed by atoms with E-state index in [4.69, 9.17) is 10.8 Å². The first-order valence-corrected chi connectivity index (χ1v) is 6.36. The molecular weight excluding hydrogens is 246 g/mol. The Morgan fingerprint density at radius 3 is 2.79 bits per heavy atom. The fourth-order valence-corrected chi connectivity index (χ4v) is 2.26. The van der Waals surface area contributed by atoms with Gasteiger partial charge in [0.15, 0.2) is 11.5 Å². The maximum Gasteiger partial charge on any atom is 0.356 e. The summed E-state index contributed by atoms with van der Waals surface area (Å²) in [4.78, 5) is 17.8. The van der Waals surface area contributed by atoms with E-state index in [2.05, 4.69) is 9.72 Å². The van der Waals surface area contributed by atoms with E-state index in [9.17, 15) is 4.79 Å². The van der Waals surface area contributed by atoms with Crippen molar-refractivity contribution in [3.05, 3.63) is 17.8 Å². The number of rotatable bonds is 3. The zero-order chi connectivity index (χ0) is 13.8. The van der Waals surface area contributed by atoms with Crippen molar-refractivity contribution in [1.82, 2.24) is 4.98 Å². The molecule has 0 unspecified atom stereocenters. The van der Waals surface area contributed by atoms with E-state index in [1.807, 2.05) is 4.90 Å². The fourth-order valence-electron chi connectivity index (χ4n) is 2.26. The zero-order valence-corrected chi connectivity index (χ0v) is 11.0. The van der Waals surface area contributed by atoms with Gasteiger partial charge in [0.1, 0.15) is 0 Å². The summed E-state index contributed by atoms with van der Waals surface area (Å²) in [6.07, 6.45) is 1.81. The normalized spacial score (nSPS) is 16.4. The molecule has 0 aliphatic carbocycles. The Bertz CT molecular complexity index is 456. The minimum atomic E-state index is -0.466. The summed E-state index contributed by atoms with van der Waals surface area (Å²) in [5.74, 6) is 0.507. The van der Waals surface area contributed by atoms with Gasteiger partial charge in [0, 0.05) is 19.7 Å². The Morgan fingerprint density at radius 2 is 2.21 bits per heavy atom. The Kier molecular flexibility index (Phi) is 4.21. The summed E-state index contributed by atoms with van der Waals surface area (Å²) in [7, 11) is 1.33. The number of carbonyl (C=O) groups is 1. The molecule has 2 rings (SSSR count). The van der Waals surface area contributed by atoms with Gasteiger partial charge >= 0.3 is 5.97 Å². The zero-order valence-electron chi connectivity index (χ0n) is 11.0. The van der Waals surface area contributed by atoms with E-state index in [0.717, 1.165) is 25.9 Å². The van der Waals surface area contributed by atoms with Crippen LogP contribution >= 0.6 is 0 Å². The van der Waals surface area contributed by atoms with Crippen LogP contribution in [0.1, 0.15) is 23.3 Å². The molecule has 0 amide bonds. The van der Waals surface area contributed by atoms with Gasteiger partial charge in [-0.05, 0) is 30.9 Å². The number of methoxy groups -OCH3 is 1. The average molecular weight is 265 g/mol. The van der Waals surface area contributed by atoms with Gasteiger partial charge in [0.2, 0.25) is 0 Å². The van der Waals surface area contributed by atoms with Crippen molar-refractivity contribution in [3.63, 3.8) is 0 Å². The number of piperidine rings is 1. The smallest absolute Gasteiger partial charge is 0.356 e. The summed E-state index contributed by atoms with van der Waals surface area (Å²) in [6.45, 7) is 1.79. The number of nitrogen functional groups attached to an aromatic ring is 1. The predicted molar refractivity (Wildman–Crippen MR) is 72.0 cm³/mol. The Balaban J connectivity index is 2.17. The monoisotopic (exact) mass is 265 g/mol. The van der Waals surface area contributed by atoms with E-state index in [0.29, 0.717) is 17.4 Å². The van der Waals surface area contributed by atoms with Crippen LogP contribution in [0, 0.1) is 5.92 Å². The molecule has 0 atom stereocenters. The van der Waals surface area contributed by atoms with Crippen LogP contribution in [0.4, 0.5) is 11.5 Å². The van der Waals surface area contributed by atoms with E-state index in [1.165, 1.54) is 7.11 Å². The maximum absolute atomic E-state index is 11.5. The molecule has 0 bridgehead atoms. The largest absolute Gasteiger partial charge is 0.464 e. The van der Waals surface area contributed by atoms with Crippen molar-refractivity contribution in [2.45, 2.75) is 12.8 Å². The molecule has 0 saturated carbocycles. The minimum Gasteiger partial charge on any atom is -0.464 e. The Morgan fingerprint density at radius 1 is 1.53 bits per heavy atom. The number of aliphatic hydroxyl groups is 1. The molecule has 6 heteroatoms. The summed E-state index contributed by atoms with van der Waals surface area (Å²) in [6, 6.07) is 3.23. The SMILES string of the molecule is COC(=O)c1ccc(N)c(N2CCC(CO)CC2)n1. The highest BCUT2D eigenvalue weighted by Gasteiger charge is 2.22. The molecule has 3 N–H and O–H groups in total. The van der Waals surface area contributed by atoms with E-state index in [-0.39, 0.29) is 12.3 Å². The molecule has 1 aliphatic rings. The number of aliphatic hydroxyl groups excluding tert-OH is 1. The Labute approximate surface area is 112 Å². The summed E-state index contributed by atoms with van der Waals surface area (Å²) in [5.41, 5.74) is 6.73. The third-order valence-electron chi connectivity index (χ3n) is 3.47. The number of pyridine rings is 1. The highest BCUT2D eigenvalue weighted by atomic mass is 16.5. The number of esters is 1. The first-order chi connectivity index (χ1) is 9.15. The van der Waals surface area contributed by atoms with Crippen LogP contribution < -0.4 is 10.6 Å². The number of nitrogens with two attached hydrogens (primary N) is 1. The molecular formula is C13H19N3O3. The molecule has 1 saturated heterocycles. The number of hydrogen-bond donors (Lipinski definition) is 2. The molecule has 19 heavy (non-hydrogen) atoms. The molecule has 1 aromatic heterocycles. The van der Waals surface area contributed by atoms with Gasteiger partial charge in [-0.25, -0.2) is 9.78 Å². The highest BCUT2D eigenvalue weighted by Crippen LogP contribution is 2.26. The topological polar surface area (TPSA) is 88.7 Å². The summed E-state index contributed by atoms with van der Waals surface area (Å²) in [5, 5.41) is 9.13. The first kappa shape index (κ1) is 13.6. The number of nitrogens with zero attached hydrogens (tertiary/aromatic N) is 2. The van der Waals surface area contributed by atoms with Gasteiger partial charge < -0.3 is 20.5 Å². The number of anilines is 2. The lowest BCUT2D eigenvalue weighted by Gasteiger charge is -2.32. The van der Waals surface area contributed by atoms with Gasteiger partial charge in [-0.1, -0.05) is 0 Å². The van der Waals surface area contributed by atoms with Crippen molar-refractivity contribution >= 4 is 17.5 Å². The number of carbonyl (C=O) groups excluding carboxylic acids is 1. The standard InChI is InChI=1S/C13H19N3O3/c1-19-13(18)11-3-2-10(14)12(15-11)16-6-4-9(8-17)5-7-16/h2-3,9,17H,4-8,14H2,1H3. The quantitative estimate of drug-likeness (QED) is 0.780. The third kappa shape index (κ3) is 2.96. The van der Waals surface area contributed by atoms with Crippen LogP contribution in [0.15, 0.2) is 12.1 Å². The number of aromatic nitrogens is 1. The van der Waals surface area contributed by atoms with Gasteiger partial charge in [-0.15, -0.1) is 0 Å². The lowest BCUT2D eigenvalue weighted by molar-refractivity contribution is 0.0594. The van der Waals surface area contributed by atoms with Crippen LogP contribution in [-0.2, 0) is 4.74 Å². The van der Waals surface area contributed by atoms with Gasteiger partial charge in [0.05, 0.1) is 12.8 Å². The van der Waals surface area contributed by atoms with Crippen molar-refractivity contribution in [1.29, 1.82) is 0 Å².